The van der Waals surface area contributed by atoms with Gasteiger partial charge >= 0.3 is 0 Å². The Kier molecular flexibility index (Phi) is 4.30. The molecule has 1 atom stereocenters. The molecule has 1 N–H and O–H groups in total. The molecule has 7 heteroatoms. The average Bonchev–Trinajstić information content (AvgIpc) is 3.30. The Labute approximate surface area is 154 Å². The monoisotopic (exact) mass is 366 g/mol. The summed E-state index contributed by atoms with van der Waals surface area (Å²) in [5.74, 6) is 1.28. The number of hydrogen-bond donors (Lipinski definition) is 1. The highest BCUT2D eigenvalue weighted by Gasteiger charge is 2.32. The van der Waals surface area contributed by atoms with E-state index < -0.39 is 0 Å². The van der Waals surface area contributed by atoms with Crippen LogP contribution in [0.5, 0.6) is 5.75 Å². The highest BCUT2D eigenvalue weighted by Crippen LogP contribution is 2.37. The van der Waals surface area contributed by atoms with E-state index in [0.717, 1.165) is 23.4 Å². The van der Waals surface area contributed by atoms with E-state index in [1.807, 2.05) is 47.6 Å². The molecule has 3 heterocycles. The van der Waals surface area contributed by atoms with Crippen LogP contribution in [0.4, 0.5) is 5.95 Å². The Balaban J connectivity index is 1.75. The van der Waals surface area contributed by atoms with Gasteiger partial charge in [0.25, 0.3) is 5.56 Å². The molecule has 0 amide bonds. The molecule has 1 aromatic carbocycles. The highest BCUT2D eigenvalue weighted by atomic mass is 32.1. The molecule has 0 spiro atoms. The second-order valence-electron chi connectivity index (χ2n) is 6.07. The number of aromatic amines is 1. The van der Waals surface area contributed by atoms with Crippen molar-refractivity contribution in [1.82, 2.24) is 9.97 Å². The van der Waals surface area contributed by atoms with Gasteiger partial charge in [0.05, 0.1) is 18.9 Å². The number of ether oxygens (including phenoxy) is 1. The Morgan fingerprint density at radius 3 is 2.73 bits per heavy atom. The maximum atomic E-state index is 11.9. The molecule has 2 aromatic heterocycles. The number of aryl methyl sites for hydroxylation is 1. The van der Waals surface area contributed by atoms with E-state index in [1.165, 1.54) is 10.9 Å². The van der Waals surface area contributed by atoms with E-state index in [4.69, 9.17) is 9.84 Å². The molecular weight excluding hydrogens is 348 g/mol. The molecule has 0 radical (unpaired) electrons. The van der Waals surface area contributed by atoms with Gasteiger partial charge in [0, 0.05) is 23.1 Å². The van der Waals surface area contributed by atoms with Crippen molar-refractivity contribution in [3.05, 3.63) is 74.3 Å². The van der Waals surface area contributed by atoms with Crippen LogP contribution in [0.2, 0.25) is 0 Å². The van der Waals surface area contributed by atoms with Gasteiger partial charge in [0.1, 0.15) is 5.75 Å². The van der Waals surface area contributed by atoms with E-state index in [9.17, 15) is 4.79 Å². The fourth-order valence-electron chi connectivity index (χ4n) is 3.04. The number of hydrogen-bond acceptors (Lipinski definition) is 6. The number of benzene rings is 1. The van der Waals surface area contributed by atoms with Crippen molar-refractivity contribution in [3.63, 3.8) is 0 Å². The van der Waals surface area contributed by atoms with Gasteiger partial charge in [-0.25, -0.2) is 9.99 Å². The van der Waals surface area contributed by atoms with E-state index >= 15 is 0 Å². The molecule has 0 bridgehead atoms. The van der Waals surface area contributed by atoms with Crippen LogP contribution in [0.15, 0.2) is 57.7 Å². The molecule has 1 unspecified atom stereocenters. The van der Waals surface area contributed by atoms with Gasteiger partial charge < -0.3 is 4.74 Å². The highest BCUT2D eigenvalue weighted by molar-refractivity contribution is 7.10. The normalized spacial score (nSPS) is 16.6. The summed E-state index contributed by atoms with van der Waals surface area (Å²) in [7, 11) is 1.65. The van der Waals surface area contributed by atoms with Crippen LogP contribution in [-0.4, -0.2) is 22.8 Å². The Hall–Kier alpha value is -2.93. The van der Waals surface area contributed by atoms with E-state index in [1.54, 1.807) is 18.4 Å². The van der Waals surface area contributed by atoms with Gasteiger partial charge in [0.15, 0.2) is 0 Å². The molecule has 4 rings (SSSR count). The first kappa shape index (κ1) is 16.5. The first-order valence-electron chi connectivity index (χ1n) is 8.26. The topological polar surface area (TPSA) is 70.6 Å². The molecule has 0 aliphatic carbocycles. The summed E-state index contributed by atoms with van der Waals surface area (Å²) in [6.45, 7) is 1.81. The van der Waals surface area contributed by atoms with E-state index in [0.29, 0.717) is 11.6 Å². The standard InChI is InChI=1S/C19H18N4O2S/c1-12-10-18(24)21-19(20-12)23-16(17-4-3-9-26-17)11-15(22-23)13-5-7-14(25-2)8-6-13/h3-10,16H,11H2,1-2H3,(H,20,21,24). The summed E-state index contributed by atoms with van der Waals surface area (Å²) in [6.07, 6.45) is 0.741. The fourth-order valence-corrected chi connectivity index (χ4v) is 3.85. The molecular formula is C19H18N4O2S. The van der Waals surface area contributed by atoms with Crippen molar-refractivity contribution in [2.45, 2.75) is 19.4 Å². The number of nitrogens with zero attached hydrogens (tertiary/aromatic N) is 3. The van der Waals surface area contributed by atoms with Gasteiger partial charge in [-0.1, -0.05) is 6.07 Å². The molecule has 3 aromatic rings. The largest absolute Gasteiger partial charge is 0.497 e. The third-order valence-electron chi connectivity index (χ3n) is 4.28. The summed E-state index contributed by atoms with van der Waals surface area (Å²) in [4.78, 5) is 20.4. The van der Waals surface area contributed by atoms with Gasteiger partial charge in [-0.15, -0.1) is 11.3 Å². The molecule has 0 fully saturated rings. The first-order valence-corrected chi connectivity index (χ1v) is 9.14. The number of nitrogens with one attached hydrogen (secondary N) is 1. The lowest BCUT2D eigenvalue weighted by Gasteiger charge is -2.21. The maximum absolute atomic E-state index is 11.9. The minimum Gasteiger partial charge on any atom is -0.497 e. The predicted molar refractivity (Wildman–Crippen MR) is 103 cm³/mol. The van der Waals surface area contributed by atoms with Crippen LogP contribution in [-0.2, 0) is 0 Å². The zero-order chi connectivity index (χ0) is 18.1. The summed E-state index contributed by atoms with van der Waals surface area (Å²) in [5, 5.41) is 8.65. The van der Waals surface area contributed by atoms with Crippen LogP contribution in [0, 0.1) is 6.92 Å². The molecule has 0 saturated heterocycles. The molecule has 132 valence electrons. The second kappa shape index (κ2) is 6.76. The van der Waals surface area contributed by atoms with Crippen molar-refractivity contribution in [3.8, 4) is 5.75 Å². The minimum absolute atomic E-state index is 0.0112. The number of methoxy groups -OCH3 is 1. The lowest BCUT2D eigenvalue weighted by atomic mass is 10.0. The lowest BCUT2D eigenvalue weighted by molar-refractivity contribution is 0.415. The number of aromatic nitrogens is 2. The Morgan fingerprint density at radius 2 is 2.08 bits per heavy atom. The quantitative estimate of drug-likeness (QED) is 0.767. The van der Waals surface area contributed by atoms with Crippen molar-refractivity contribution in [1.29, 1.82) is 0 Å². The third kappa shape index (κ3) is 3.13. The summed E-state index contributed by atoms with van der Waals surface area (Å²) in [5.41, 5.74) is 2.48. The minimum atomic E-state index is -0.175. The lowest BCUT2D eigenvalue weighted by Crippen LogP contribution is -2.23. The molecule has 26 heavy (non-hydrogen) atoms. The Bertz CT molecular complexity index is 993. The number of hydrazone groups is 1. The summed E-state index contributed by atoms with van der Waals surface area (Å²) >= 11 is 1.68. The third-order valence-corrected chi connectivity index (χ3v) is 5.25. The first-order chi connectivity index (χ1) is 12.6. The van der Waals surface area contributed by atoms with Gasteiger partial charge in [0.2, 0.25) is 5.95 Å². The van der Waals surface area contributed by atoms with E-state index in [-0.39, 0.29) is 11.6 Å². The SMILES string of the molecule is COc1ccc(C2=NN(c3nc(C)cc(=O)[nH]3)C(c3cccs3)C2)cc1. The van der Waals surface area contributed by atoms with Crippen LogP contribution in [0.25, 0.3) is 0 Å². The summed E-state index contributed by atoms with van der Waals surface area (Å²) in [6, 6.07) is 13.4. The van der Waals surface area contributed by atoms with Crippen molar-refractivity contribution >= 4 is 23.0 Å². The molecule has 6 nitrogen and oxygen atoms in total. The molecule has 1 aliphatic heterocycles. The van der Waals surface area contributed by atoms with Crippen LogP contribution < -0.4 is 15.3 Å². The number of rotatable bonds is 4. The number of H-pyrrole nitrogens is 1. The fraction of sp³-hybridized carbons (Fsp3) is 0.211. The van der Waals surface area contributed by atoms with Gasteiger partial charge in [-0.3, -0.25) is 9.78 Å². The van der Waals surface area contributed by atoms with Crippen LogP contribution in [0.1, 0.15) is 28.6 Å². The predicted octanol–water partition coefficient (Wildman–Crippen LogP) is 3.50. The van der Waals surface area contributed by atoms with E-state index in [2.05, 4.69) is 16.0 Å². The molecule has 1 aliphatic rings. The average molecular weight is 366 g/mol. The number of thiophene rings is 1. The maximum Gasteiger partial charge on any atom is 0.252 e. The van der Waals surface area contributed by atoms with Crippen molar-refractivity contribution in [2.24, 2.45) is 5.10 Å². The second-order valence-corrected chi connectivity index (χ2v) is 7.04. The Morgan fingerprint density at radius 1 is 1.27 bits per heavy atom. The van der Waals surface area contributed by atoms with Crippen LogP contribution >= 0.6 is 11.3 Å². The van der Waals surface area contributed by atoms with Gasteiger partial charge in [-0.05, 0) is 48.2 Å². The van der Waals surface area contributed by atoms with Crippen LogP contribution in [0.3, 0.4) is 0 Å². The number of anilines is 1. The van der Waals surface area contributed by atoms with Crippen molar-refractivity contribution < 1.29 is 4.74 Å². The van der Waals surface area contributed by atoms with Crippen molar-refractivity contribution in [2.75, 3.05) is 12.1 Å². The summed E-state index contributed by atoms with van der Waals surface area (Å²) < 4.78 is 5.23. The van der Waals surface area contributed by atoms with Gasteiger partial charge in [-0.2, -0.15) is 5.10 Å². The zero-order valence-electron chi connectivity index (χ0n) is 14.5. The zero-order valence-corrected chi connectivity index (χ0v) is 15.3. The smallest absolute Gasteiger partial charge is 0.252 e. The molecule has 0 saturated carbocycles.